The molecule has 0 aliphatic heterocycles. The van der Waals surface area contributed by atoms with Crippen LogP contribution in [0.3, 0.4) is 0 Å². The van der Waals surface area contributed by atoms with Gasteiger partial charge in [0.2, 0.25) is 5.91 Å². The average Bonchev–Trinajstić information content (AvgIpc) is 2.94. The minimum absolute atomic E-state index is 0.405. The Bertz CT molecular complexity index is 703. The fourth-order valence-corrected chi connectivity index (χ4v) is 2.03. The van der Waals surface area contributed by atoms with Gasteiger partial charge in [0.05, 0.1) is 23.8 Å². The van der Waals surface area contributed by atoms with Gasteiger partial charge in [0.25, 0.3) is 0 Å². The van der Waals surface area contributed by atoms with Crippen molar-refractivity contribution in [2.75, 3.05) is 5.32 Å². The van der Waals surface area contributed by atoms with Crippen LogP contribution in [0.1, 0.15) is 27.7 Å². The van der Waals surface area contributed by atoms with Crippen molar-refractivity contribution in [2.45, 2.75) is 39.3 Å². The van der Waals surface area contributed by atoms with E-state index in [0.717, 1.165) is 5.69 Å². The number of benzene rings is 1. The molecular weight excluding hydrogens is 306 g/mol. The molecular formula is C17H23N5O2. The van der Waals surface area contributed by atoms with Crippen molar-refractivity contribution in [3.8, 4) is 5.69 Å². The number of carbonyl (C=O) groups excluding carboxylic acids is 2. The predicted octanol–water partition coefficient (Wildman–Crippen LogP) is 2.30. The summed E-state index contributed by atoms with van der Waals surface area (Å²) < 4.78 is 1.71. The number of aromatic nitrogens is 2. The van der Waals surface area contributed by atoms with E-state index in [2.05, 4.69) is 21.0 Å². The first-order chi connectivity index (χ1) is 11.2. The number of amides is 3. The number of nitrogens with one attached hydrogen (secondary N) is 3. The van der Waals surface area contributed by atoms with E-state index in [-0.39, 0.29) is 0 Å². The molecule has 0 bridgehead atoms. The van der Waals surface area contributed by atoms with E-state index in [4.69, 9.17) is 0 Å². The quantitative estimate of drug-likeness (QED) is 0.803. The van der Waals surface area contributed by atoms with Crippen molar-refractivity contribution in [2.24, 2.45) is 0 Å². The van der Waals surface area contributed by atoms with E-state index >= 15 is 0 Å². The standard InChI is InChI=1S/C17H23N5O2/c1-12(15(23)20-16(24)21-17(2,3)4)19-13-10-18-22(11-13)14-8-6-5-7-9-14/h5-12,19H,1-4H3,(H2,20,21,23,24)/t12-/m1/s1. The molecule has 128 valence electrons. The number of imide groups is 1. The summed E-state index contributed by atoms with van der Waals surface area (Å²) in [6, 6.07) is 8.56. The molecule has 0 saturated heterocycles. The molecule has 0 aliphatic rings. The number of rotatable bonds is 4. The van der Waals surface area contributed by atoms with Crippen LogP contribution < -0.4 is 16.0 Å². The molecule has 2 rings (SSSR count). The maximum atomic E-state index is 12.1. The molecule has 3 N–H and O–H groups in total. The second-order valence-electron chi connectivity index (χ2n) is 6.57. The molecule has 7 nitrogen and oxygen atoms in total. The average molecular weight is 329 g/mol. The molecule has 1 aromatic carbocycles. The third-order valence-electron chi connectivity index (χ3n) is 3.11. The molecule has 1 heterocycles. The highest BCUT2D eigenvalue weighted by Crippen LogP contribution is 2.12. The van der Waals surface area contributed by atoms with Gasteiger partial charge in [0, 0.05) is 5.54 Å². The smallest absolute Gasteiger partial charge is 0.321 e. The van der Waals surface area contributed by atoms with E-state index < -0.39 is 23.5 Å². The van der Waals surface area contributed by atoms with Crippen LogP contribution in [0.15, 0.2) is 42.7 Å². The fourth-order valence-electron chi connectivity index (χ4n) is 2.03. The Labute approximate surface area is 141 Å². The third-order valence-corrected chi connectivity index (χ3v) is 3.11. The largest absolute Gasteiger partial charge is 0.371 e. The third kappa shape index (κ3) is 5.12. The van der Waals surface area contributed by atoms with Crippen LogP contribution in [0, 0.1) is 0 Å². The molecule has 0 aliphatic carbocycles. The minimum atomic E-state index is -0.579. The highest BCUT2D eigenvalue weighted by molar-refractivity contribution is 5.98. The summed E-state index contributed by atoms with van der Waals surface area (Å²) in [4.78, 5) is 23.8. The zero-order valence-electron chi connectivity index (χ0n) is 14.3. The van der Waals surface area contributed by atoms with Gasteiger partial charge in [0.1, 0.15) is 6.04 Å². The Morgan fingerprint density at radius 3 is 2.46 bits per heavy atom. The van der Waals surface area contributed by atoms with E-state index in [1.165, 1.54) is 0 Å². The number of urea groups is 1. The zero-order chi connectivity index (χ0) is 17.7. The Kier molecular flexibility index (Phi) is 5.23. The summed E-state index contributed by atoms with van der Waals surface area (Å²) in [7, 11) is 0. The Hall–Kier alpha value is -2.83. The van der Waals surface area contributed by atoms with Crippen molar-refractivity contribution in [3.05, 3.63) is 42.7 Å². The lowest BCUT2D eigenvalue weighted by Gasteiger charge is -2.21. The SMILES string of the molecule is C[C@@H](Nc1cnn(-c2ccccc2)c1)C(=O)NC(=O)NC(C)(C)C. The first kappa shape index (κ1) is 17.5. The summed E-state index contributed by atoms with van der Waals surface area (Å²) in [5.41, 5.74) is 1.21. The molecule has 1 atom stereocenters. The minimum Gasteiger partial charge on any atom is -0.371 e. The van der Waals surface area contributed by atoms with Crippen LogP contribution in [-0.4, -0.2) is 33.3 Å². The van der Waals surface area contributed by atoms with Crippen molar-refractivity contribution in [1.29, 1.82) is 0 Å². The van der Waals surface area contributed by atoms with Crippen molar-refractivity contribution in [3.63, 3.8) is 0 Å². The lowest BCUT2D eigenvalue weighted by molar-refractivity contribution is -0.120. The molecule has 1 aromatic heterocycles. The lowest BCUT2D eigenvalue weighted by Crippen LogP contribution is -2.51. The highest BCUT2D eigenvalue weighted by Gasteiger charge is 2.19. The van der Waals surface area contributed by atoms with Gasteiger partial charge in [-0.25, -0.2) is 9.48 Å². The molecule has 0 fully saturated rings. The Morgan fingerprint density at radius 2 is 1.83 bits per heavy atom. The summed E-state index contributed by atoms with van der Waals surface area (Å²) in [5, 5.41) is 12.3. The van der Waals surface area contributed by atoms with E-state index in [1.54, 1.807) is 24.0 Å². The Morgan fingerprint density at radius 1 is 1.17 bits per heavy atom. The second-order valence-corrected chi connectivity index (χ2v) is 6.57. The van der Waals surface area contributed by atoms with E-state index in [1.807, 2.05) is 51.1 Å². The van der Waals surface area contributed by atoms with Crippen LogP contribution in [0.5, 0.6) is 0 Å². The zero-order valence-corrected chi connectivity index (χ0v) is 14.3. The van der Waals surface area contributed by atoms with Gasteiger partial charge in [-0.05, 0) is 39.8 Å². The lowest BCUT2D eigenvalue weighted by atomic mass is 10.1. The van der Waals surface area contributed by atoms with Crippen LogP contribution in [0.2, 0.25) is 0 Å². The second kappa shape index (κ2) is 7.16. The molecule has 0 radical (unpaired) electrons. The van der Waals surface area contributed by atoms with Gasteiger partial charge in [-0.1, -0.05) is 18.2 Å². The summed E-state index contributed by atoms with van der Waals surface area (Å²) in [6.07, 6.45) is 3.42. The van der Waals surface area contributed by atoms with Crippen LogP contribution in [0.25, 0.3) is 5.69 Å². The predicted molar refractivity (Wildman–Crippen MR) is 93.1 cm³/mol. The maximum Gasteiger partial charge on any atom is 0.321 e. The molecule has 2 aromatic rings. The molecule has 3 amide bonds. The fraction of sp³-hybridized carbons (Fsp3) is 0.353. The molecule has 0 unspecified atom stereocenters. The summed E-state index contributed by atoms with van der Waals surface area (Å²) in [5.74, 6) is -0.413. The first-order valence-electron chi connectivity index (χ1n) is 7.74. The van der Waals surface area contributed by atoms with Gasteiger partial charge in [0.15, 0.2) is 0 Å². The number of nitrogens with zero attached hydrogens (tertiary/aromatic N) is 2. The Balaban J connectivity index is 1.92. The van der Waals surface area contributed by atoms with Gasteiger partial charge in [-0.15, -0.1) is 0 Å². The van der Waals surface area contributed by atoms with Crippen LogP contribution in [0.4, 0.5) is 10.5 Å². The molecule has 24 heavy (non-hydrogen) atoms. The number of anilines is 1. The van der Waals surface area contributed by atoms with Gasteiger partial charge >= 0.3 is 6.03 Å². The number of hydrogen-bond donors (Lipinski definition) is 3. The summed E-state index contributed by atoms with van der Waals surface area (Å²) in [6.45, 7) is 7.21. The van der Waals surface area contributed by atoms with Gasteiger partial charge in [-0.3, -0.25) is 10.1 Å². The van der Waals surface area contributed by atoms with Gasteiger partial charge in [-0.2, -0.15) is 5.10 Å². The molecule has 0 spiro atoms. The van der Waals surface area contributed by atoms with Gasteiger partial charge < -0.3 is 10.6 Å². The summed E-state index contributed by atoms with van der Waals surface area (Å²) >= 11 is 0. The molecule has 0 saturated carbocycles. The topological polar surface area (TPSA) is 88.1 Å². The van der Waals surface area contributed by atoms with E-state index in [9.17, 15) is 9.59 Å². The first-order valence-corrected chi connectivity index (χ1v) is 7.74. The molecule has 7 heteroatoms. The van der Waals surface area contributed by atoms with Crippen molar-refractivity contribution < 1.29 is 9.59 Å². The number of carbonyl (C=O) groups is 2. The number of hydrogen-bond acceptors (Lipinski definition) is 4. The van der Waals surface area contributed by atoms with Crippen LogP contribution in [-0.2, 0) is 4.79 Å². The maximum absolute atomic E-state index is 12.1. The number of para-hydroxylation sites is 1. The van der Waals surface area contributed by atoms with E-state index in [0.29, 0.717) is 5.69 Å². The van der Waals surface area contributed by atoms with Crippen molar-refractivity contribution in [1.82, 2.24) is 20.4 Å². The van der Waals surface area contributed by atoms with Crippen molar-refractivity contribution >= 4 is 17.6 Å². The van der Waals surface area contributed by atoms with Crippen LogP contribution >= 0.6 is 0 Å². The monoisotopic (exact) mass is 329 g/mol. The normalized spacial score (nSPS) is 12.3. The highest BCUT2D eigenvalue weighted by atomic mass is 16.2.